The average molecular weight is 332 g/mol. The van der Waals surface area contributed by atoms with Crippen molar-refractivity contribution in [3.63, 3.8) is 0 Å². The van der Waals surface area contributed by atoms with Gasteiger partial charge in [0.2, 0.25) is 0 Å². The molecule has 0 saturated carbocycles. The van der Waals surface area contributed by atoms with Crippen molar-refractivity contribution in [2.45, 2.75) is 50.3 Å². The maximum Gasteiger partial charge on any atom is 0.193 e. The van der Waals surface area contributed by atoms with Gasteiger partial charge in [0, 0.05) is 5.33 Å². The lowest BCUT2D eigenvalue weighted by molar-refractivity contribution is 0.264. The van der Waals surface area contributed by atoms with Crippen LogP contribution in [0.1, 0.15) is 27.2 Å². The predicted molar refractivity (Wildman–Crippen MR) is 69.4 cm³/mol. The van der Waals surface area contributed by atoms with Crippen molar-refractivity contribution in [1.29, 1.82) is 0 Å². The van der Waals surface area contributed by atoms with Crippen LogP contribution in [0, 0.1) is 0 Å². The second kappa shape index (κ2) is 5.28. The lowest BCUT2D eigenvalue weighted by atomic mass is 10.2. The SMILES string of the molecule is CC(C)(C)[Si](C)(C)OC(Br)CCBr. The Morgan fingerprint density at radius 1 is 1.31 bits per heavy atom. The molecule has 0 aliphatic carbocycles. The first-order valence-corrected chi connectivity index (χ1v) is 9.53. The van der Waals surface area contributed by atoms with E-state index in [2.05, 4.69) is 65.7 Å². The fraction of sp³-hybridized carbons (Fsp3) is 1.00. The summed E-state index contributed by atoms with van der Waals surface area (Å²) in [4.78, 5) is 0. The molecule has 0 radical (unpaired) electrons. The summed E-state index contributed by atoms with van der Waals surface area (Å²) in [5.74, 6) is 0. The number of rotatable bonds is 4. The second-order valence-electron chi connectivity index (χ2n) is 4.77. The summed E-state index contributed by atoms with van der Waals surface area (Å²) in [6, 6.07) is 0. The molecule has 0 aromatic rings. The first-order chi connectivity index (χ1) is 5.70. The Bertz CT molecular complexity index is 154. The molecule has 1 unspecified atom stereocenters. The highest BCUT2D eigenvalue weighted by Gasteiger charge is 2.38. The van der Waals surface area contributed by atoms with Gasteiger partial charge in [0.15, 0.2) is 8.32 Å². The van der Waals surface area contributed by atoms with Gasteiger partial charge in [0.05, 0.1) is 0 Å². The molecule has 0 spiro atoms. The van der Waals surface area contributed by atoms with Gasteiger partial charge in [-0.05, 0) is 24.6 Å². The Balaban J connectivity index is 4.17. The summed E-state index contributed by atoms with van der Waals surface area (Å²) in [7, 11) is -1.57. The molecule has 0 saturated heterocycles. The van der Waals surface area contributed by atoms with Crippen LogP contribution in [0.25, 0.3) is 0 Å². The van der Waals surface area contributed by atoms with Crippen molar-refractivity contribution in [2.75, 3.05) is 5.33 Å². The third kappa shape index (κ3) is 4.95. The van der Waals surface area contributed by atoms with E-state index >= 15 is 0 Å². The van der Waals surface area contributed by atoms with Gasteiger partial charge >= 0.3 is 0 Å². The third-order valence-corrected chi connectivity index (χ3v) is 8.50. The first kappa shape index (κ1) is 14.1. The first-order valence-electron chi connectivity index (χ1n) is 4.58. The van der Waals surface area contributed by atoms with Crippen LogP contribution in [0.15, 0.2) is 0 Å². The average Bonchev–Trinajstić information content (AvgIpc) is 1.83. The van der Waals surface area contributed by atoms with Gasteiger partial charge in [-0.15, -0.1) is 0 Å². The van der Waals surface area contributed by atoms with Gasteiger partial charge in [-0.1, -0.05) is 52.6 Å². The summed E-state index contributed by atoms with van der Waals surface area (Å²) in [5, 5.41) is 1.48. The molecule has 13 heavy (non-hydrogen) atoms. The Hall–Kier alpha value is 1.14. The summed E-state index contributed by atoms with van der Waals surface area (Å²) < 4.78 is 6.07. The van der Waals surface area contributed by atoms with Crippen molar-refractivity contribution in [1.82, 2.24) is 0 Å². The lowest BCUT2D eigenvalue weighted by Crippen LogP contribution is -2.42. The molecule has 0 rings (SSSR count). The Morgan fingerprint density at radius 3 is 2.08 bits per heavy atom. The highest BCUT2D eigenvalue weighted by Crippen LogP contribution is 2.38. The van der Waals surface area contributed by atoms with E-state index in [0.29, 0.717) is 5.04 Å². The normalized spacial score (nSPS) is 15.9. The van der Waals surface area contributed by atoms with Crippen LogP contribution in [0.3, 0.4) is 0 Å². The van der Waals surface area contributed by atoms with Gasteiger partial charge in [0.1, 0.15) is 5.01 Å². The fourth-order valence-corrected chi connectivity index (χ4v) is 4.41. The van der Waals surface area contributed by atoms with E-state index in [1.165, 1.54) is 0 Å². The third-order valence-electron chi connectivity index (χ3n) is 2.56. The summed E-state index contributed by atoms with van der Waals surface area (Å²) in [6.45, 7) is 11.3. The maximum atomic E-state index is 6.07. The van der Waals surface area contributed by atoms with E-state index in [1.54, 1.807) is 0 Å². The van der Waals surface area contributed by atoms with Crippen LogP contribution >= 0.6 is 31.9 Å². The molecule has 0 N–H and O–H groups in total. The van der Waals surface area contributed by atoms with Gasteiger partial charge in [-0.25, -0.2) is 0 Å². The minimum Gasteiger partial charge on any atom is -0.404 e. The number of hydrogen-bond acceptors (Lipinski definition) is 1. The van der Waals surface area contributed by atoms with Gasteiger partial charge < -0.3 is 4.43 Å². The molecule has 0 aliphatic heterocycles. The molecule has 80 valence electrons. The molecule has 0 aliphatic rings. The standard InChI is InChI=1S/C9H20Br2OSi/c1-9(2,3)13(4,5)12-8(11)6-7-10/h8H,6-7H2,1-5H3. The molecular formula is C9H20Br2OSi. The van der Waals surface area contributed by atoms with E-state index in [-0.39, 0.29) is 5.01 Å². The van der Waals surface area contributed by atoms with Crippen LogP contribution < -0.4 is 0 Å². The van der Waals surface area contributed by atoms with Crippen molar-refractivity contribution >= 4 is 40.2 Å². The maximum absolute atomic E-state index is 6.07. The molecular weight excluding hydrogens is 312 g/mol. The molecule has 4 heteroatoms. The van der Waals surface area contributed by atoms with Crippen molar-refractivity contribution in [3.8, 4) is 0 Å². The van der Waals surface area contributed by atoms with Crippen LogP contribution in [0.4, 0.5) is 0 Å². The van der Waals surface area contributed by atoms with Gasteiger partial charge in [0.25, 0.3) is 0 Å². The molecule has 0 aromatic carbocycles. The minimum absolute atomic E-state index is 0.202. The van der Waals surface area contributed by atoms with Crippen LogP contribution in [0.5, 0.6) is 0 Å². The van der Waals surface area contributed by atoms with Crippen molar-refractivity contribution < 1.29 is 4.43 Å². The highest BCUT2D eigenvalue weighted by molar-refractivity contribution is 9.10. The van der Waals surface area contributed by atoms with E-state index in [9.17, 15) is 0 Å². The zero-order valence-electron chi connectivity index (χ0n) is 9.16. The number of alkyl halides is 2. The minimum atomic E-state index is -1.57. The zero-order valence-corrected chi connectivity index (χ0v) is 13.3. The van der Waals surface area contributed by atoms with E-state index in [1.807, 2.05) is 0 Å². The summed E-state index contributed by atoms with van der Waals surface area (Å²) >= 11 is 6.96. The topological polar surface area (TPSA) is 9.23 Å². The van der Waals surface area contributed by atoms with Crippen LogP contribution in [0.2, 0.25) is 18.1 Å². The zero-order chi connectivity index (χ0) is 10.7. The van der Waals surface area contributed by atoms with Crippen LogP contribution in [-0.4, -0.2) is 18.7 Å². The number of hydrogen-bond donors (Lipinski definition) is 0. The van der Waals surface area contributed by atoms with Crippen molar-refractivity contribution in [3.05, 3.63) is 0 Å². The summed E-state index contributed by atoms with van der Waals surface area (Å²) in [5.41, 5.74) is 0. The van der Waals surface area contributed by atoms with Gasteiger partial charge in [-0.3, -0.25) is 0 Å². The predicted octanol–water partition coefficient (Wildman–Crippen LogP) is 4.51. The molecule has 0 aromatic heterocycles. The van der Waals surface area contributed by atoms with Gasteiger partial charge in [-0.2, -0.15) is 0 Å². The number of halogens is 2. The molecule has 1 nitrogen and oxygen atoms in total. The largest absolute Gasteiger partial charge is 0.404 e. The highest BCUT2D eigenvalue weighted by atomic mass is 79.9. The molecule has 1 atom stereocenters. The quantitative estimate of drug-likeness (QED) is 0.543. The van der Waals surface area contributed by atoms with E-state index in [4.69, 9.17) is 4.43 Å². The molecule has 0 heterocycles. The van der Waals surface area contributed by atoms with Crippen LogP contribution in [-0.2, 0) is 4.43 Å². The smallest absolute Gasteiger partial charge is 0.193 e. The molecule has 0 fully saturated rings. The lowest BCUT2D eigenvalue weighted by Gasteiger charge is -2.37. The molecule has 0 amide bonds. The monoisotopic (exact) mass is 330 g/mol. The fourth-order valence-electron chi connectivity index (χ4n) is 0.641. The van der Waals surface area contributed by atoms with E-state index < -0.39 is 8.32 Å². The van der Waals surface area contributed by atoms with E-state index in [0.717, 1.165) is 11.8 Å². The Morgan fingerprint density at radius 2 is 1.77 bits per heavy atom. The Kier molecular flexibility index (Phi) is 5.75. The summed E-state index contributed by atoms with van der Waals surface area (Å²) in [6.07, 6.45) is 1.02. The van der Waals surface area contributed by atoms with Crippen molar-refractivity contribution in [2.24, 2.45) is 0 Å². The second-order valence-corrected chi connectivity index (χ2v) is 11.3. The Labute approximate surface area is 100 Å². The molecule has 0 bridgehead atoms.